The Morgan fingerprint density at radius 1 is 1.35 bits per heavy atom. The average Bonchev–Trinajstić information content (AvgIpc) is 3.16. The third-order valence-corrected chi connectivity index (χ3v) is 3.00. The topological polar surface area (TPSA) is 140 Å². The molecule has 116 valence electrons. The van der Waals surface area contributed by atoms with Crippen LogP contribution in [0.25, 0.3) is 11.5 Å². The Labute approximate surface area is 130 Å². The molecule has 0 aliphatic rings. The summed E-state index contributed by atoms with van der Waals surface area (Å²) in [5.74, 6) is -0.976. The number of pyridine rings is 1. The second kappa shape index (κ2) is 5.72. The van der Waals surface area contributed by atoms with Gasteiger partial charge in [0.15, 0.2) is 11.5 Å². The number of oxazole rings is 1. The summed E-state index contributed by atoms with van der Waals surface area (Å²) in [7, 11) is 0. The Bertz CT molecular complexity index is 882. The second-order valence-corrected chi connectivity index (χ2v) is 4.67. The van der Waals surface area contributed by atoms with Crippen LogP contribution in [0.5, 0.6) is 0 Å². The fourth-order valence-corrected chi connectivity index (χ4v) is 1.94. The van der Waals surface area contributed by atoms with Crippen LogP contribution in [0.2, 0.25) is 0 Å². The molecule has 23 heavy (non-hydrogen) atoms. The molecule has 0 fully saturated rings. The largest absolute Gasteiger partial charge is 0.444 e. The van der Waals surface area contributed by atoms with Crippen molar-refractivity contribution in [1.82, 2.24) is 19.9 Å². The Morgan fingerprint density at radius 3 is 2.91 bits per heavy atom. The lowest BCUT2D eigenvalue weighted by molar-refractivity contribution is 0.0997. The molecule has 0 saturated carbocycles. The van der Waals surface area contributed by atoms with Gasteiger partial charge < -0.3 is 20.5 Å². The Morgan fingerprint density at radius 2 is 2.17 bits per heavy atom. The van der Waals surface area contributed by atoms with Gasteiger partial charge in [-0.3, -0.25) is 14.6 Å². The van der Waals surface area contributed by atoms with E-state index in [2.05, 4.69) is 25.3 Å². The van der Waals surface area contributed by atoms with Gasteiger partial charge in [0.05, 0.1) is 6.33 Å². The van der Waals surface area contributed by atoms with Gasteiger partial charge >= 0.3 is 0 Å². The first-order valence-electron chi connectivity index (χ1n) is 6.57. The Hall–Kier alpha value is -3.49. The van der Waals surface area contributed by atoms with Gasteiger partial charge in [-0.15, -0.1) is 0 Å². The number of nitrogens with two attached hydrogens (primary N) is 1. The smallest absolute Gasteiger partial charge is 0.278 e. The van der Waals surface area contributed by atoms with Gasteiger partial charge in [-0.25, -0.2) is 9.97 Å². The van der Waals surface area contributed by atoms with Crippen LogP contribution in [0.15, 0.2) is 35.3 Å². The van der Waals surface area contributed by atoms with Crippen LogP contribution in [0, 0.1) is 6.92 Å². The predicted molar refractivity (Wildman–Crippen MR) is 79.5 cm³/mol. The molecule has 0 spiro atoms. The van der Waals surface area contributed by atoms with Crippen molar-refractivity contribution in [2.75, 3.05) is 5.32 Å². The summed E-state index contributed by atoms with van der Waals surface area (Å²) in [4.78, 5) is 37.9. The van der Waals surface area contributed by atoms with Crippen LogP contribution in [0.3, 0.4) is 0 Å². The standard InChI is InChI=1S/C14H12N6O3/c1-7-4-8(2-3-16-7)14-19-9(5-23-14)13(22)20-12-10(11(15)21)17-6-18-12/h2-6H,1H3,(H2,15,21)(H,17,18)(H,20,22). The number of carbonyl (C=O) groups is 2. The number of aromatic amines is 1. The highest BCUT2D eigenvalue weighted by Crippen LogP contribution is 2.19. The van der Waals surface area contributed by atoms with Gasteiger partial charge in [-0.2, -0.15) is 0 Å². The van der Waals surface area contributed by atoms with Gasteiger partial charge in [0, 0.05) is 17.5 Å². The molecule has 0 saturated heterocycles. The van der Waals surface area contributed by atoms with Crippen molar-refractivity contribution in [3.05, 3.63) is 48.0 Å². The van der Waals surface area contributed by atoms with Crippen molar-refractivity contribution in [2.45, 2.75) is 6.92 Å². The van der Waals surface area contributed by atoms with E-state index < -0.39 is 11.8 Å². The van der Waals surface area contributed by atoms with Crippen molar-refractivity contribution >= 4 is 17.6 Å². The lowest BCUT2D eigenvalue weighted by Gasteiger charge is -2.00. The first-order valence-corrected chi connectivity index (χ1v) is 6.57. The number of nitrogens with zero attached hydrogens (tertiary/aromatic N) is 3. The lowest BCUT2D eigenvalue weighted by Crippen LogP contribution is -2.18. The lowest BCUT2D eigenvalue weighted by atomic mass is 10.2. The number of aryl methyl sites for hydroxylation is 1. The molecule has 0 aliphatic carbocycles. The monoisotopic (exact) mass is 312 g/mol. The van der Waals surface area contributed by atoms with E-state index in [9.17, 15) is 9.59 Å². The molecule has 0 atom stereocenters. The molecule has 9 nitrogen and oxygen atoms in total. The summed E-state index contributed by atoms with van der Waals surface area (Å²) in [5.41, 5.74) is 6.72. The molecule has 3 heterocycles. The van der Waals surface area contributed by atoms with Gasteiger partial charge in [-0.1, -0.05) is 0 Å². The normalized spacial score (nSPS) is 10.5. The third-order valence-electron chi connectivity index (χ3n) is 3.00. The number of hydrogen-bond donors (Lipinski definition) is 3. The van der Waals surface area contributed by atoms with Crippen LogP contribution in [0.1, 0.15) is 26.7 Å². The van der Waals surface area contributed by atoms with Crippen molar-refractivity contribution in [1.29, 1.82) is 0 Å². The molecular weight excluding hydrogens is 300 g/mol. The maximum atomic E-state index is 12.1. The quantitative estimate of drug-likeness (QED) is 0.659. The zero-order valence-corrected chi connectivity index (χ0v) is 12.0. The SMILES string of the molecule is Cc1cc(-c2nc(C(=O)Nc3nc[nH]c3C(N)=O)co2)ccn1. The fraction of sp³-hybridized carbons (Fsp3) is 0.0714. The maximum absolute atomic E-state index is 12.1. The van der Waals surface area contributed by atoms with E-state index in [1.165, 1.54) is 12.6 Å². The number of amides is 2. The summed E-state index contributed by atoms with van der Waals surface area (Å²) in [6, 6.07) is 3.51. The zero-order valence-electron chi connectivity index (χ0n) is 12.0. The highest BCUT2D eigenvalue weighted by atomic mass is 16.3. The molecule has 9 heteroatoms. The summed E-state index contributed by atoms with van der Waals surface area (Å²) in [6.07, 6.45) is 4.10. The summed E-state index contributed by atoms with van der Waals surface area (Å²) in [5, 5.41) is 2.45. The van der Waals surface area contributed by atoms with Crippen LogP contribution < -0.4 is 11.1 Å². The van der Waals surface area contributed by atoms with Crippen molar-refractivity contribution in [2.24, 2.45) is 5.73 Å². The number of H-pyrrole nitrogens is 1. The highest BCUT2D eigenvalue weighted by molar-refractivity contribution is 6.06. The number of anilines is 1. The number of imidazole rings is 1. The summed E-state index contributed by atoms with van der Waals surface area (Å²) < 4.78 is 5.30. The molecule has 0 radical (unpaired) electrons. The molecule has 0 aromatic carbocycles. The van der Waals surface area contributed by atoms with E-state index in [1.807, 2.05) is 6.92 Å². The number of hydrogen-bond acceptors (Lipinski definition) is 6. The second-order valence-electron chi connectivity index (χ2n) is 4.67. The van der Waals surface area contributed by atoms with E-state index in [0.29, 0.717) is 5.56 Å². The summed E-state index contributed by atoms with van der Waals surface area (Å²) in [6.45, 7) is 1.84. The van der Waals surface area contributed by atoms with Crippen molar-refractivity contribution in [3.63, 3.8) is 0 Å². The number of nitrogens with one attached hydrogen (secondary N) is 2. The number of primary amides is 1. The van der Waals surface area contributed by atoms with Gasteiger partial charge in [0.25, 0.3) is 11.8 Å². The van der Waals surface area contributed by atoms with Crippen molar-refractivity contribution in [3.8, 4) is 11.5 Å². The molecule has 3 aromatic rings. The average molecular weight is 312 g/mol. The van der Waals surface area contributed by atoms with Crippen LogP contribution in [0.4, 0.5) is 5.82 Å². The molecule has 4 N–H and O–H groups in total. The minimum atomic E-state index is -0.731. The third kappa shape index (κ3) is 2.93. The first kappa shape index (κ1) is 14.4. The highest BCUT2D eigenvalue weighted by Gasteiger charge is 2.18. The van der Waals surface area contributed by atoms with E-state index >= 15 is 0 Å². The number of carbonyl (C=O) groups excluding carboxylic acids is 2. The van der Waals surface area contributed by atoms with Gasteiger partial charge in [-0.05, 0) is 19.1 Å². The zero-order chi connectivity index (χ0) is 16.4. The fourth-order valence-electron chi connectivity index (χ4n) is 1.94. The molecule has 0 unspecified atom stereocenters. The number of aromatic nitrogens is 4. The summed E-state index contributed by atoms with van der Waals surface area (Å²) >= 11 is 0. The predicted octanol–water partition coefficient (Wildman–Crippen LogP) is 1.12. The van der Waals surface area contributed by atoms with Crippen LogP contribution >= 0.6 is 0 Å². The molecule has 0 aliphatic heterocycles. The minimum Gasteiger partial charge on any atom is -0.444 e. The van der Waals surface area contributed by atoms with Crippen LogP contribution in [-0.2, 0) is 0 Å². The maximum Gasteiger partial charge on any atom is 0.278 e. The first-order chi connectivity index (χ1) is 11.0. The van der Waals surface area contributed by atoms with Crippen molar-refractivity contribution < 1.29 is 14.0 Å². The number of rotatable bonds is 4. The molecule has 2 amide bonds. The Balaban J connectivity index is 1.81. The van der Waals surface area contributed by atoms with E-state index in [-0.39, 0.29) is 23.1 Å². The van der Waals surface area contributed by atoms with E-state index in [0.717, 1.165) is 5.69 Å². The molecule has 3 rings (SSSR count). The van der Waals surface area contributed by atoms with E-state index in [4.69, 9.17) is 10.2 Å². The van der Waals surface area contributed by atoms with Crippen LogP contribution in [-0.4, -0.2) is 31.8 Å². The molecule has 0 bridgehead atoms. The van der Waals surface area contributed by atoms with Gasteiger partial charge in [0.1, 0.15) is 12.0 Å². The Kier molecular flexibility index (Phi) is 3.59. The van der Waals surface area contributed by atoms with E-state index in [1.54, 1.807) is 18.3 Å². The van der Waals surface area contributed by atoms with Gasteiger partial charge in [0.2, 0.25) is 5.89 Å². The molecular formula is C14H12N6O3. The molecule has 3 aromatic heterocycles. The minimum absolute atomic E-state index is 0.00632.